The molecule has 5 aromatic heterocycles. The summed E-state index contributed by atoms with van der Waals surface area (Å²) in [6, 6.07) is 44.2. The van der Waals surface area contributed by atoms with Gasteiger partial charge in [-0.2, -0.15) is 0 Å². The Kier molecular flexibility index (Phi) is 4.84. The quantitative estimate of drug-likeness (QED) is 0.192. The minimum absolute atomic E-state index is 1.01. The number of rotatable bonds is 2. The first-order valence-electron chi connectivity index (χ1n) is 15.3. The standard InChI is InChI=1S/C40H22N4S2/c1-2-10-23(11-3-1)43-29-15-7-4-13-26(29)34-36-37-33(21-41-22-42-37)46-40(36)39-35(38(34)43)27-14-5-8-16-30(27)44(39)24-18-19-32-28(20-24)25-12-6-9-17-31(25)45-32/h1-22H. The van der Waals surface area contributed by atoms with Gasteiger partial charge in [0.15, 0.2) is 0 Å². The van der Waals surface area contributed by atoms with E-state index in [0.29, 0.717) is 0 Å². The molecular weight excluding hydrogens is 601 g/mol. The van der Waals surface area contributed by atoms with Crippen LogP contribution in [-0.4, -0.2) is 19.1 Å². The van der Waals surface area contributed by atoms with Gasteiger partial charge in [0.25, 0.3) is 0 Å². The summed E-state index contributed by atoms with van der Waals surface area (Å²) in [4.78, 5) is 9.37. The van der Waals surface area contributed by atoms with Crippen molar-refractivity contribution in [3.05, 3.63) is 134 Å². The summed E-state index contributed by atoms with van der Waals surface area (Å²) in [5.41, 5.74) is 8.12. The zero-order chi connectivity index (χ0) is 29.9. The second-order valence-corrected chi connectivity index (χ2v) is 13.9. The van der Waals surface area contributed by atoms with Crippen LogP contribution in [0.1, 0.15) is 0 Å². The van der Waals surface area contributed by atoms with Crippen LogP contribution in [0.15, 0.2) is 134 Å². The second-order valence-electron chi connectivity index (χ2n) is 11.8. The zero-order valence-corrected chi connectivity index (χ0v) is 25.9. The monoisotopic (exact) mass is 622 g/mol. The van der Waals surface area contributed by atoms with E-state index >= 15 is 0 Å². The number of fused-ring (bicyclic) bond motifs is 15. The molecule has 5 heterocycles. The van der Waals surface area contributed by atoms with Crippen LogP contribution in [-0.2, 0) is 0 Å². The van der Waals surface area contributed by atoms with Gasteiger partial charge >= 0.3 is 0 Å². The van der Waals surface area contributed by atoms with Crippen LogP contribution in [0.3, 0.4) is 0 Å². The molecule has 46 heavy (non-hydrogen) atoms. The first-order valence-corrected chi connectivity index (χ1v) is 17.0. The van der Waals surface area contributed by atoms with Gasteiger partial charge in [-0.15, -0.1) is 22.7 Å². The average molecular weight is 623 g/mol. The Morgan fingerprint density at radius 3 is 1.98 bits per heavy atom. The molecule has 6 aromatic carbocycles. The van der Waals surface area contributed by atoms with Gasteiger partial charge in [0.05, 0.1) is 37.0 Å². The molecule has 0 saturated heterocycles. The van der Waals surface area contributed by atoms with Crippen molar-refractivity contribution in [2.75, 3.05) is 0 Å². The highest BCUT2D eigenvalue weighted by molar-refractivity contribution is 7.27. The predicted molar refractivity (Wildman–Crippen MR) is 196 cm³/mol. The van der Waals surface area contributed by atoms with E-state index in [9.17, 15) is 0 Å². The van der Waals surface area contributed by atoms with Crippen molar-refractivity contribution in [2.45, 2.75) is 0 Å². The first-order chi connectivity index (χ1) is 22.8. The lowest BCUT2D eigenvalue weighted by atomic mass is 10.0. The molecular formula is C40H22N4S2. The van der Waals surface area contributed by atoms with Gasteiger partial charge in [-0.05, 0) is 48.5 Å². The van der Waals surface area contributed by atoms with Crippen LogP contribution in [0.4, 0.5) is 0 Å². The van der Waals surface area contributed by atoms with Crippen molar-refractivity contribution < 1.29 is 0 Å². The van der Waals surface area contributed by atoms with Crippen LogP contribution in [0.2, 0.25) is 0 Å². The van der Waals surface area contributed by atoms with Gasteiger partial charge in [-0.25, -0.2) is 9.97 Å². The Hall–Kier alpha value is -5.56. The van der Waals surface area contributed by atoms with E-state index in [1.165, 1.54) is 73.9 Å². The molecule has 0 aliphatic carbocycles. The molecule has 4 nitrogen and oxygen atoms in total. The number of aromatic nitrogens is 4. The molecule has 0 aliphatic heterocycles. The Morgan fingerprint density at radius 2 is 1.15 bits per heavy atom. The van der Waals surface area contributed by atoms with Gasteiger partial charge in [0.2, 0.25) is 0 Å². The second kappa shape index (κ2) is 9.01. The summed E-state index contributed by atoms with van der Waals surface area (Å²) in [6.45, 7) is 0. The summed E-state index contributed by atoms with van der Waals surface area (Å²) in [5, 5.41) is 8.77. The number of nitrogens with zero attached hydrogens (tertiary/aromatic N) is 4. The van der Waals surface area contributed by atoms with E-state index in [2.05, 4.69) is 135 Å². The van der Waals surface area contributed by atoms with E-state index in [0.717, 1.165) is 21.6 Å². The fraction of sp³-hybridized carbons (Fsp3) is 0. The maximum atomic E-state index is 4.92. The Balaban J connectivity index is 1.45. The molecule has 0 aliphatic rings. The topological polar surface area (TPSA) is 35.6 Å². The van der Waals surface area contributed by atoms with E-state index in [1.807, 2.05) is 17.5 Å². The molecule has 11 aromatic rings. The van der Waals surface area contributed by atoms with Gasteiger partial charge in [0, 0.05) is 64.7 Å². The molecule has 0 saturated carbocycles. The molecule has 0 radical (unpaired) electrons. The van der Waals surface area contributed by atoms with Crippen LogP contribution in [0.5, 0.6) is 0 Å². The summed E-state index contributed by atoms with van der Waals surface area (Å²) in [6.07, 6.45) is 3.66. The van der Waals surface area contributed by atoms with Crippen molar-refractivity contribution >= 4 is 107 Å². The van der Waals surface area contributed by atoms with Crippen LogP contribution in [0, 0.1) is 0 Å². The number of hydrogen-bond donors (Lipinski definition) is 0. The van der Waals surface area contributed by atoms with Crippen molar-refractivity contribution in [3.8, 4) is 11.4 Å². The summed E-state index contributed by atoms with van der Waals surface area (Å²) in [7, 11) is 0. The third-order valence-corrected chi connectivity index (χ3v) is 11.7. The lowest BCUT2D eigenvalue weighted by Gasteiger charge is -2.11. The first kappa shape index (κ1) is 24.7. The Labute approximate surface area is 270 Å². The fourth-order valence-corrected chi connectivity index (χ4v) is 9.90. The molecule has 0 atom stereocenters. The van der Waals surface area contributed by atoms with Crippen molar-refractivity contribution in [1.82, 2.24) is 19.1 Å². The summed E-state index contributed by atoms with van der Waals surface area (Å²) in [5.74, 6) is 0. The highest BCUT2D eigenvalue weighted by Crippen LogP contribution is 2.50. The maximum absolute atomic E-state index is 4.92. The Morgan fingerprint density at radius 1 is 0.478 bits per heavy atom. The Bertz CT molecular complexity index is 3030. The highest BCUT2D eigenvalue weighted by atomic mass is 32.1. The highest BCUT2D eigenvalue weighted by Gasteiger charge is 2.27. The lowest BCUT2D eigenvalue weighted by Crippen LogP contribution is -1.95. The lowest BCUT2D eigenvalue weighted by molar-refractivity contribution is 1.18. The number of hydrogen-bond acceptors (Lipinski definition) is 4. The minimum atomic E-state index is 1.01. The van der Waals surface area contributed by atoms with Gasteiger partial charge in [-0.1, -0.05) is 72.8 Å². The third kappa shape index (κ3) is 3.12. The summed E-state index contributed by atoms with van der Waals surface area (Å²) < 4.78 is 9.91. The van der Waals surface area contributed by atoms with Crippen LogP contribution < -0.4 is 0 Å². The normalized spacial score (nSPS) is 12.3. The molecule has 11 rings (SSSR count). The maximum Gasteiger partial charge on any atom is 0.116 e. The van der Waals surface area contributed by atoms with Crippen molar-refractivity contribution in [3.63, 3.8) is 0 Å². The van der Waals surface area contributed by atoms with E-state index in [4.69, 9.17) is 4.98 Å². The predicted octanol–water partition coefficient (Wildman–Crippen LogP) is 11.4. The van der Waals surface area contributed by atoms with Gasteiger partial charge in [0.1, 0.15) is 6.33 Å². The average Bonchev–Trinajstić information content (AvgIpc) is 3.86. The van der Waals surface area contributed by atoms with E-state index in [-0.39, 0.29) is 0 Å². The SMILES string of the molecule is c1ccc(-n2c3ccccc3c3c4c5ncncc5sc4c4c(c5ccccc5n4-c4ccc5sc6ccccc6c5c4)c32)cc1. The van der Waals surface area contributed by atoms with Gasteiger partial charge in [-0.3, -0.25) is 0 Å². The zero-order valence-electron chi connectivity index (χ0n) is 24.3. The molecule has 6 heteroatoms. The van der Waals surface area contributed by atoms with Crippen LogP contribution in [0.25, 0.3) is 95.5 Å². The molecule has 214 valence electrons. The largest absolute Gasteiger partial charge is 0.309 e. The molecule has 0 spiro atoms. The minimum Gasteiger partial charge on any atom is -0.309 e. The fourth-order valence-electron chi connectivity index (χ4n) is 7.64. The van der Waals surface area contributed by atoms with Crippen LogP contribution >= 0.6 is 22.7 Å². The van der Waals surface area contributed by atoms with Crippen molar-refractivity contribution in [1.29, 1.82) is 0 Å². The summed E-state index contributed by atoms with van der Waals surface area (Å²) >= 11 is 3.66. The number of benzene rings is 6. The van der Waals surface area contributed by atoms with E-state index < -0.39 is 0 Å². The molecule has 0 amide bonds. The van der Waals surface area contributed by atoms with Crippen molar-refractivity contribution in [2.24, 2.45) is 0 Å². The third-order valence-electron chi connectivity index (χ3n) is 9.44. The molecule has 0 N–H and O–H groups in total. The number of para-hydroxylation sites is 3. The molecule has 0 fully saturated rings. The van der Waals surface area contributed by atoms with Gasteiger partial charge < -0.3 is 9.13 Å². The smallest absolute Gasteiger partial charge is 0.116 e. The molecule has 0 unspecified atom stereocenters. The molecule has 0 bridgehead atoms. The number of thiophene rings is 2. The van der Waals surface area contributed by atoms with E-state index in [1.54, 1.807) is 17.7 Å².